The summed E-state index contributed by atoms with van der Waals surface area (Å²) in [6.45, 7) is 8.76. The Morgan fingerprint density at radius 3 is 2.33 bits per heavy atom. The van der Waals surface area contributed by atoms with E-state index in [9.17, 15) is 18.0 Å². The Labute approximate surface area is 161 Å². The van der Waals surface area contributed by atoms with E-state index in [1.165, 1.54) is 13.0 Å². The lowest BCUT2D eigenvalue weighted by Gasteiger charge is -2.32. The van der Waals surface area contributed by atoms with E-state index in [0.29, 0.717) is 11.7 Å². The van der Waals surface area contributed by atoms with Crippen LogP contribution in [0.15, 0.2) is 17.7 Å². The zero-order valence-electron chi connectivity index (χ0n) is 15.7. The number of pyridine rings is 1. The van der Waals surface area contributed by atoms with Gasteiger partial charge in [-0.05, 0) is 39.2 Å². The quantitative estimate of drug-likeness (QED) is 0.611. The number of nitrogens with zero attached hydrogens (tertiary/aromatic N) is 1. The zero-order chi connectivity index (χ0) is 20.6. The maximum Gasteiger partial charge on any atom is 0.492 e. The molecule has 10 heteroatoms. The van der Waals surface area contributed by atoms with Crippen molar-refractivity contribution in [1.82, 2.24) is 10.3 Å². The van der Waals surface area contributed by atoms with Crippen LogP contribution in [-0.4, -0.2) is 35.8 Å². The van der Waals surface area contributed by atoms with Crippen LogP contribution in [0.1, 0.15) is 45.7 Å². The van der Waals surface area contributed by atoms with Gasteiger partial charge in [-0.25, -0.2) is 4.98 Å². The fourth-order valence-corrected chi connectivity index (χ4v) is 2.50. The molecule has 1 N–H and O–H groups in total. The third kappa shape index (κ3) is 5.03. The van der Waals surface area contributed by atoms with Crippen molar-refractivity contribution in [3.8, 4) is 0 Å². The van der Waals surface area contributed by atoms with Crippen molar-refractivity contribution in [3.05, 3.63) is 34.0 Å². The topological polar surface area (TPSA) is 60.5 Å². The SMILES string of the molecule is CC(=O)NCC(=Cc1cc(C(F)(F)F)cnc1Cl)B1OC(C)(C)C(C)(C)O1. The minimum Gasteiger partial charge on any atom is -0.400 e. The Hall–Kier alpha value is -1.58. The normalized spacial score (nSPS) is 19.3. The fourth-order valence-electron chi connectivity index (χ4n) is 2.34. The lowest BCUT2D eigenvalue weighted by Crippen LogP contribution is -2.41. The minimum atomic E-state index is -4.55. The second kappa shape index (κ2) is 7.45. The largest absolute Gasteiger partial charge is 0.492 e. The van der Waals surface area contributed by atoms with Crippen molar-refractivity contribution in [2.45, 2.75) is 52.0 Å². The van der Waals surface area contributed by atoms with Gasteiger partial charge in [0, 0.05) is 25.2 Å². The van der Waals surface area contributed by atoms with Crippen molar-refractivity contribution >= 4 is 30.7 Å². The second-order valence-electron chi connectivity index (χ2n) is 7.32. The van der Waals surface area contributed by atoms with E-state index in [4.69, 9.17) is 20.9 Å². The number of alkyl halides is 3. The van der Waals surface area contributed by atoms with Crippen LogP contribution in [0.25, 0.3) is 6.08 Å². The summed E-state index contributed by atoms with van der Waals surface area (Å²) < 4.78 is 50.8. The number of aromatic nitrogens is 1. The molecule has 5 nitrogen and oxygen atoms in total. The summed E-state index contributed by atoms with van der Waals surface area (Å²) in [6.07, 6.45) is -2.48. The van der Waals surface area contributed by atoms with E-state index < -0.39 is 30.1 Å². The number of carbonyl (C=O) groups is 1. The Morgan fingerprint density at radius 2 is 1.85 bits per heavy atom. The molecule has 1 saturated heterocycles. The highest BCUT2D eigenvalue weighted by atomic mass is 35.5. The smallest absolute Gasteiger partial charge is 0.400 e. The molecule has 0 aliphatic carbocycles. The average Bonchev–Trinajstić information content (AvgIpc) is 2.72. The monoisotopic (exact) mass is 404 g/mol. The number of nitrogens with one attached hydrogen (secondary N) is 1. The van der Waals surface area contributed by atoms with Crippen LogP contribution in [0.2, 0.25) is 5.15 Å². The molecular weight excluding hydrogens is 383 g/mol. The molecule has 0 aromatic carbocycles. The number of hydrogen-bond donors (Lipinski definition) is 1. The molecule has 0 bridgehead atoms. The van der Waals surface area contributed by atoms with E-state index >= 15 is 0 Å². The molecule has 1 aliphatic rings. The first kappa shape index (κ1) is 21.7. The zero-order valence-corrected chi connectivity index (χ0v) is 16.5. The third-order valence-corrected chi connectivity index (χ3v) is 4.95. The summed E-state index contributed by atoms with van der Waals surface area (Å²) >= 11 is 5.98. The molecule has 1 fully saturated rings. The molecular formula is C17H21BClF3N2O3. The summed E-state index contributed by atoms with van der Waals surface area (Å²) in [7, 11) is -0.854. The second-order valence-corrected chi connectivity index (χ2v) is 7.68. The molecule has 148 valence electrons. The van der Waals surface area contributed by atoms with Crippen LogP contribution in [0.3, 0.4) is 0 Å². The first-order valence-corrected chi connectivity index (χ1v) is 8.64. The molecule has 0 unspecified atom stereocenters. The van der Waals surface area contributed by atoms with Crippen molar-refractivity contribution in [2.24, 2.45) is 0 Å². The summed E-state index contributed by atoms with van der Waals surface area (Å²) in [4.78, 5) is 14.9. The molecule has 2 heterocycles. The van der Waals surface area contributed by atoms with Crippen molar-refractivity contribution in [2.75, 3.05) is 6.54 Å². The van der Waals surface area contributed by atoms with E-state index in [1.54, 1.807) is 0 Å². The van der Waals surface area contributed by atoms with Crippen molar-refractivity contribution < 1.29 is 27.3 Å². The number of halogens is 4. The van der Waals surface area contributed by atoms with E-state index in [1.807, 2.05) is 27.7 Å². The molecule has 0 radical (unpaired) electrons. The Bertz CT molecular complexity index is 750. The van der Waals surface area contributed by atoms with E-state index in [-0.39, 0.29) is 23.2 Å². The molecule has 2 rings (SSSR count). The first-order chi connectivity index (χ1) is 12.2. The number of amides is 1. The highest BCUT2D eigenvalue weighted by molar-refractivity contribution is 6.56. The van der Waals surface area contributed by atoms with Crippen LogP contribution in [0.4, 0.5) is 13.2 Å². The number of carbonyl (C=O) groups excluding carboxylic acids is 1. The summed E-state index contributed by atoms with van der Waals surface area (Å²) in [5, 5.41) is 2.51. The van der Waals surface area contributed by atoms with Gasteiger partial charge in [0.1, 0.15) is 5.15 Å². The molecule has 1 aromatic rings. The van der Waals surface area contributed by atoms with Gasteiger partial charge in [0.25, 0.3) is 0 Å². The minimum absolute atomic E-state index is 0.0265. The van der Waals surface area contributed by atoms with Gasteiger partial charge in [-0.15, -0.1) is 0 Å². The van der Waals surface area contributed by atoms with Crippen molar-refractivity contribution in [1.29, 1.82) is 0 Å². The highest BCUT2D eigenvalue weighted by Crippen LogP contribution is 2.39. The van der Waals surface area contributed by atoms with Gasteiger partial charge in [-0.2, -0.15) is 13.2 Å². The number of hydrogen-bond acceptors (Lipinski definition) is 4. The molecule has 0 spiro atoms. The summed E-state index contributed by atoms with van der Waals surface area (Å²) in [6, 6.07) is 0.897. The van der Waals surface area contributed by atoms with E-state index in [2.05, 4.69) is 10.3 Å². The predicted octanol–water partition coefficient (Wildman–Crippen LogP) is 3.90. The van der Waals surface area contributed by atoms with Crippen LogP contribution in [0.5, 0.6) is 0 Å². The Balaban J connectivity index is 2.45. The summed E-state index contributed by atoms with van der Waals surface area (Å²) in [5.41, 5.74) is -1.74. The van der Waals surface area contributed by atoms with Gasteiger partial charge in [-0.3, -0.25) is 4.79 Å². The lowest BCUT2D eigenvalue weighted by molar-refractivity contribution is -0.137. The fraction of sp³-hybridized carbons (Fsp3) is 0.529. The molecule has 0 saturated carbocycles. The van der Waals surface area contributed by atoms with Gasteiger partial charge in [0.2, 0.25) is 5.91 Å². The average molecular weight is 405 g/mol. The predicted molar refractivity (Wildman–Crippen MR) is 97.0 cm³/mol. The molecule has 1 aromatic heterocycles. The van der Waals surface area contributed by atoms with Gasteiger partial charge in [0.05, 0.1) is 16.8 Å². The van der Waals surface area contributed by atoms with Crippen LogP contribution >= 0.6 is 11.6 Å². The van der Waals surface area contributed by atoms with Crippen LogP contribution in [0, 0.1) is 0 Å². The number of rotatable bonds is 4. The molecule has 1 aliphatic heterocycles. The van der Waals surface area contributed by atoms with Crippen LogP contribution < -0.4 is 5.32 Å². The Morgan fingerprint density at radius 1 is 1.30 bits per heavy atom. The Kier molecular flexibility index (Phi) is 5.99. The van der Waals surface area contributed by atoms with Crippen LogP contribution in [-0.2, 0) is 20.3 Å². The van der Waals surface area contributed by atoms with Gasteiger partial charge >= 0.3 is 13.3 Å². The van der Waals surface area contributed by atoms with Gasteiger partial charge in [-0.1, -0.05) is 17.7 Å². The third-order valence-electron chi connectivity index (χ3n) is 4.63. The van der Waals surface area contributed by atoms with Gasteiger partial charge in [0.15, 0.2) is 0 Å². The molecule has 1 amide bonds. The maximum absolute atomic E-state index is 13.0. The standard InChI is InChI=1S/C17H21BClF3N2O3/c1-10(25)23-9-13(18-26-15(2,3)16(4,5)27-18)7-11-6-12(17(20,21)22)8-24-14(11)19/h6-8H,9H2,1-5H3,(H,23,25). The highest BCUT2D eigenvalue weighted by Gasteiger charge is 2.52. The lowest BCUT2D eigenvalue weighted by atomic mass is 9.77. The molecule has 27 heavy (non-hydrogen) atoms. The van der Waals surface area contributed by atoms with Gasteiger partial charge < -0.3 is 14.6 Å². The maximum atomic E-state index is 13.0. The van der Waals surface area contributed by atoms with E-state index in [0.717, 1.165) is 6.07 Å². The summed E-state index contributed by atoms with van der Waals surface area (Å²) in [5.74, 6) is -0.300. The molecule has 0 atom stereocenters. The van der Waals surface area contributed by atoms with Crippen molar-refractivity contribution in [3.63, 3.8) is 0 Å². The first-order valence-electron chi connectivity index (χ1n) is 8.26.